The van der Waals surface area contributed by atoms with Crippen LogP contribution in [0.15, 0.2) is 48.5 Å². The Balaban J connectivity index is 1.92. The van der Waals surface area contributed by atoms with E-state index in [0.29, 0.717) is 0 Å². The minimum absolute atomic E-state index is 0.764. The van der Waals surface area contributed by atoms with Crippen molar-refractivity contribution in [1.82, 2.24) is 4.98 Å². The SMILES string of the molecule is Nc1ccc(Nc2nc3ccccc3s2)cc1. The van der Waals surface area contributed by atoms with Crippen LogP contribution < -0.4 is 11.1 Å². The van der Waals surface area contributed by atoms with Crippen molar-refractivity contribution < 1.29 is 0 Å². The Hall–Kier alpha value is -2.07. The highest BCUT2D eigenvalue weighted by atomic mass is 32.1. The predicted molar refractivity (Wildman–Crippen MR) is 73.8 cm³/mol. The molecule has 0 aliphatic carbocycles. The molecule has 2 aromatic carbocycles. The zero-order valence-electron chi connectivity index (χ0n) is 9.05. The lowest BCUT2D eigenvalue weighted by molar-refractivity contribution is 1.44. The van der Waals surface area contributed by atoms with Gasteiger partial charge in [-0.3, -0.25) is 0 Å². The Morgan fingerprint density at radius 3 is 2.53 bits per heavy atom. The van der Waals surface area contributed by atoms with Crippen LogP contribution in [0.1, 0.15) is 0 Å². The fraction of sp³-hybridized carbons (Fsp3) is 0. The predicted octanol–water partition coefficient (Wildman–Crippen LogP) is 3.62. The number of nitrogen functional groups attached to an aromatic ring is 1. The minimum Gasteiger partial charge on any atom is -0.399 e. The van der Waals surface area contributed by atoms with E-state index in [1.807, 2.05) is 42.5 Å². The summed E-state index contributed by atoms with van der Waals surface area (Å²) in [6.07, 6.45) is 0. The number of rotatable bonds is 2. The number of nitrogens with two attached hydrogens (primary N) is 1. The molecule has 3 rings (SSSR count). The van der Waals surface area contributed by atoms with Gasteiger partial charge in [-0.05, 0) is 36.4 Å². The van der Waals surface area contributed by atoms with Gasteiger partial charge in [0.15, 0.2) is 5.13 Å². The normalized spacial score (nSPS) is 10.6. The van der Waals surface area contributed by atoms with E-state index in [9.17, 15) is 0 Å². The topological polar surface area (TPSA) is 50.9 Å². The van der Waals surface area contributed by atoms with Crippen LogP contribution in [0.25, 0.3) is 10.2 Å². The maximum absolute atomic E-state index is 5.64. The van der Waals surface area contributed by atoms with Gasteiger partial charge in [0.2, 0.25) is 0 Å². The molecule has 0 amide bonds. The van der Waals surface area contributed by atoms with Crippen molar-refractivity contribution >= 4 is 38.1 Å². The Morgan fingerprint density at radius 2 is 1.76 bits per heavy atom. The molecule has 0 spiro atoms. The van der Waals surface area contributed by atoms with Gasteiger partial charge in [-0.15, -0.1) is 0 Å². The minimum atomic E-state index is 0.764. The number of nitrogens with one attached hydrogen (secondary N) is 1. The second kappa shape index (κ2) is 4.07. The summed E-state index contributed by atoms with van der Waals surface area (Å²) < 4.78 is 1.19. The molecule has 0 radical (unpaired) electrons. The summed E-state index contributed by atoms with van der Waals surface area (Å²) in [7, 11) is 0. The van der Waals surface area contributed by atoms with E-state index in [2.05, 4.69) is 16.4 Å². The fourth-order valence-electron chi connectivity index (χ4n) is 1.62. The number of anilines is 3. The first-order valence-corrected chi connectivity index (χ1v) is 6.11. The van der Waals surface area contributed by atoms with Crippen LogP contribution in [0.3, 0.4) is 0 Å². The largest absolute Gasteiger partial charge is 0.399 e. The number of thiazole rings is 1. The highest BCUT2D eigenvalue weighted by molar-refractivity contribution is 7.22. The van der Waals surface area contributed by atoms with Crippen molar-refractivity contribution in [3.05, 3.63) is 48.5 Å². The maximum atomic E-state index is 5.64. The Bertz CT molecular complexity index is 610. The van der Waals surface area contributed by atoms with Crippen molar-refractivity contribution in [3.63, 3.8) is 0 Å². The van der Waals surface area contributed by atoms with Crippen molar-refractivity contribution in [2.75, 3.05) is 11.1 Å². The van der Waals surface area contributed by atoms with E-state index < -0.39 is 0 Å². The zero-order valence-corrected chi connectivity index (χ0v) is 9.87. The molecule has 84 valence electrons. The van der Waals surface area contributed by atoms with Gasteiger partial charge in [-0.2, -0.15) is 0 Å². The Morgan fingerprint density at radius 1 is 1.00 bits per heavy atom. The third-order valence-electron chi connectivity index (χ3n) is 2.46. The summed E-state index contributed by atoms with van der Waals surface area (Å²) in [5.74, 6) is 0. The van der Waals surface area contributed by atoms with Gasteiger partial charge >= 0.3 is 0 Å². The van der Waals surface area contributed by atoms with Gasteiger partial charge in [0, 0.05) is 11.4 Å². The second-order valence-corrected chi connectivity index (χ2v) is 4.76. The van der Waals surface area contributed by atoms with Crippen molar-refractivity contribution in [3.8, 4) is 0 Å². The highest BCUT2D eigenvalue weighted by Gasteiger charge is 2.02. The molecule has 3 aromatic rings. The second-order valence-electron chi connectivity index (χ2n) is 3.73. The summed E-state index contributed by atoms with van der Waals surface area (Å²) in [4.78, 5) is 4.51. The van der Waals surface area contributed by atoms with Crippen LogP contribution in [0.2, 0.25) is 0 Å². The molecule has 0 aliphatic rings. The standard InChI is InChI=1S/C13H11N3S/c14-9-5-7-10(8-6-9)15-13-16-11-3-1-2-4-12(11)17-13/h1-8H,14H2,(H,15,16). The van der Waals surface area contributed by atoms with Gasteiger partial charge in [-0.1, -0.05) is 23.5 Å². The van der Waals surface area contributed by atoms with E-state index in [-0.39, 0.29) is 0 Å². The molecule has 1 aromatic heterocycles. The van der Waals surface area contributed by atoms with E-state index in [0.717, 1.165) is 22.0 Å². The van der Waals surface area contributed by atoms with Crippen LogP contribution in [-0.4, -0.2) is 4.98 Å². The van der Waals surface area contributed by atoms with E-state index >= 15 is 0 Å². The molecule has 0 fully saturated rings. The summed E-state index contributed by atoms with van der Waals surface area (Å²) >= 11 is 1.64. The van der Waals surface area contributed by atoms with Gasteiger partial charge in [0.25, 0.3) is 0 Å². The lowest BCUT2D eigenvalue weighted by Crippen LogP contribution is -1.90. The van der Waals surface area contributed by atoms with E-state index in [4.69, 9.17) is 5.73 Å². The smallest absolute Gasteiger partial charge is 0.188 e. The van der Waals surface area contributed by atoms with Crippen LogP contribution in [0.5, 0.6) is 0 Å². The number of nitrogens with zero attached hydrogens (tertiary/aromatic N) is 1. The number of aromatic nitrogens is 1. The molecule has 17 heavy (non-hydrogen) atoms. The number of hydrogen-bond donors (Lipinski definition) is 2. The third-order valence-corrected chi connectivity index (χ3v) is 3.41. The number of para-hydroxylation sites is 1. The molecular formula is C13H11N3S. The van der Waals surface area contributed by atoms with Crippen molar-refractivity contribution in [1.29, 1.82) is 0 Å². The summed E-state index contributed by atoms with van der Waals surface area (Å²) in [5.41, 5.74) is 8.43. The van der Waals surface area contributed by atoms with Gasteiger partial charge in [0.05, 0.1) is 10.2 Å². The molecule has 1 heterocycles. The molecule has 3 N–H and O–H groups in total. The first-order chi connectivity index (χ1) is 8.31. The van der Waals surface area contributed by atoms with Crippen molar-refractivity contribution in [2.45, 2.75) is 0 Å². The average Bonchev–Trinajstić information content (AvgIpc) is 2.74. The number of fused-ring (bicyclic) bond motifs is 1. The quantitative estimate of drug-likeness (QED) is 0.674. The third kappa shape index (κ3) is 2.07. The average molecular weight is 241 g/mol. The highest BCUT2D eigenvalue weighted by Crippen LogP contribution is 2.28. The van der Waals surface area contributed by atoms with Gasteiger partial charge < -0.3 is 11.1 Å². The van der Waals surface area contributed by atoms with Crippen molar-refractivity contribution in [2.24, 2.45) is 0 Å². The fourth-order valence-corrected chi connectivity index (χ4v) is 2.50. The van der Waals surface area contributed by atoms with Gasteiger partial charge in [0.1, 0.15) is 0 Å². The zero-order chi connectivity index (χ0) is 11.7. The molecule has 0 atom stereocenters. The summed E-state index contributed by atoms with van der Waals surface area (Å²) in [6.45, 7) is 0. The van der Waals surface area contributed by atoms with Crippen LogP contribution in [0.4, 0.5) is 16.5 Å². The van der Waals surface area contributed by atoms with E-state index in [1.165, 1.54) is 4.70 Å². The number of benzene rings is 2. The lowest BCUT2D eigenvalue weighted by Gasteiger charge is -2.01. The molecule has 3 nitrogen and oxygen atoms in total. The first-order valence-electron chi connectivity index (χ1n) is 5.29. The Labute approximate surface area is 103 Å². The molecule has 4 heteroatoms. The molecule has 0 saturated heterocycles. The van der Waals surface area contributed by atoms with Crippen LogP contribution in [-0.2, 0) is 0 Å². The van der Waals surface area contributed by atoms with E-state index in [1.54, 1.807) is 11.3 Å². The van der Waals surface area contributed by atoms with Gasteiger partial charge in [-0.25, -0.2) is 4.98 Å². The van der Waals surface area contributed by atoms with Crippen LogP contribution >= 0.6 is 11.3 Å². The Kier molecular flexibility index (Phi) is 2.42. The maximum Gasteiger partial charge on any atom is 0.188 e. The van der Waals surface area contributed by atoms with Crippen LogP contribution in [0, 0.1) is 0 Å². The monoisotopic (exact) mass is 241 g/mol. The molecule has 0 saturated carbocycles. The molecule has 0 bridgehead atoms. The first kappa shape index (κ1) is 10.1. The molecule has 0 unspecified atom stereocenters. The molecular weight excluding hydrogens is 230 g/mol. The summed E-state index contributed by atoms with van der Waals surface area (Å²) in [6, 6.07) is 15.7. The summed E-state index contributed by atoms with van der Waals surface area (Å²) in [5, 5.41) is 4.17. The molecule has 0 aliphatic heterocycles. The number of hydrogen-bond acceptors (Lipinski definition) is 4. The lowest BCUT2D eigenvalue weighted by atomic mass is 10.3.